The van der Waals surface area contributed by atoms with Crippen molar-refractivity contribution in [2.45, 2.75) is 51.6 Å². The van der Waals surface area contributed by atoms with Gasteiger partial charge in [0, 0.05) is 12.0 Å². The molecule has 1 aliphatic rings. The molecule has 0 bridgehead atoms. The monoisotopic (exact) mass is 265 g/mol. The molecule has 3 heteroatoms. The lowest BCUT2D eigenvalue weighted by atomic mass is 9.61. The van der Waals surface area contributed by atoms with Gasteiger partial charge in [-0.15, -0.1) is 0 Å². The van der Waals surface area contributed by atoms with E-state index in [1.54, 1.807) is 19.9 Å². The Morgan fingerprint density at radius 1 is 1.32 bits per heavy atom. The fourth-order valence-electron chi connectivity index (χ4n) is 3.32. The molecular weight excluding hydrogens is 241 g/mol. The first-order valence-corrected chi connectivity index (χ1v) is 7.12. The Kier molecular flexibility index (Phi) is 3.98. The van der Waals surface area contributed by atoms with Crippen LogP contribution in [0.1, 0.15) is 50.2 Å². The molecule has 0 aliphatic heterocycles. The van der Waals surface area contributed by atoms with Crippen molar-refractivity contribution in [2.24, 2.45) is 11.1 Å². The van der Waals surface area contributed by atoms with Gasteiger partial charge in [-0.1, -0.05) is 31.4 Å². The lowest BCUT2D eigenvalue weighted by Gasteiger charge is -2.47. The summed E-state index contributed by atoms with van der Waals surface area (Å²) >= 11 is 0. The largest absolute Gasteiger partial charge is 0.385 e. The molecule has 1 atom stereocenters. The summed E-state index contributed by atoms with van der Waals surface area (Å²) in [5.74, 6) is -0.263. The zero-order valence-electron chi connectivity index (χ0n) is 11.9. The molecule has 1 saturated carbocycles. The van der Waals surface area contributed by atoms with Crippen LogP contribution in [0.4, 0.5) is 4.39 Å². The van der Waals surface area contributed by atoms with Gasteiger partial charge in [0.15, 0.2) is 0 Å². The molecule has 0 radical (unpaired) electrons. The van der Waals surface area contributed by atoms with Crippen molar-refractivity contribution in [1.82, 2.24) is 0 Å². The number of rotatable bonds is 3. The van der Waals surface area contributed by atoms with E-state index in [0.29, 0.717) is 17.7 Å². The predicted octanol–water partition coefficient (Wildman–Crippen LogP) is 3.25. The first-order valence-electron chi connectivity index (χ1n) is 7.12. The summed E-state index contributed by atoms with van der Waals surface area (Å²) in [5.41, 5.74) is 5.82. The van der Waals surface area contributed by atoms with Gasteiger partial charge in [0.05, 0.1) is 5.60 Å². The van der Waals surface area contributed by atoms with Gasteiger partial charge in [0.25, 0.3) is 0 Å². The molecule has 106 valence electrons. The second-order valence-corrected chi connectivity index (χ2v) is 6.08. The second-order valence-electron chi connectivity index (χ2n) is 6.08. The molecule has 0 amide bonds. The first-order chi connectivity index (χ1) is 8.93. The average molecular weight is 265 g/mol. The number of hydrogen-bond acceptors (Lipinski definition) is 2. The predicted molar refractivity (Wildman–Crippen MR) is 75.3 cm³/mol. The lowest BCUT2D eigenvalue weighted by molar-refractivity contribution is -0.0920. The van der Waals surface area contributed by atoms with Crippen LogP contribution in [0, 0.1) is 18.2 Å². The minimum absolute atomic E-state index is 0.263. The van der Waals surface area contributed by atoms with Crippen molar-refractivity contribution in [3.05, 3.63) is 35.1 Å². The normalized spacial score (nSPS) is 21.9. The third kappa shape index (κ3) is 2.41. The molecule has 1 aromatic carbocycles. The summed E-state index contributed by atoms with van der Waals surface area (Å²) in [5, 5.41) is 11.0. The summed E-state index contributed by atoms with van der Waals surface area (Å²) in [6, 6.07) is 5.01. The zero-order chi connectivity index (χ0) is 14.1. The summed E-state index contributed by atoms with van der Waals surface area (Å²) in [4.78, 5) is 0. The molecular formula is C16H24FNO. The maximum Gasteiger partial charge on any atom is 0.126 e. The van der Waals surface area contributed by atoms with E-state index >= 15 is 0 Å². The quantitative estimate of drug-likeness (QED) is 0.881. The second kappa shape index (κ2) is 5.22. The van der Waals surface area contributed by atoms with E-state index in [1.807, 2.05) is 6.07 Å². The van der Waals surface area contributed by atoms with Gasteiger partial charge in [-0.2, -0.15) is 0 Å². The number of hydrogen-bond donors (Lipinski definition) is 2. The highest BCUT2D eigenvalue weighted by atomic mass is 19.1. The van der Waals surface area contributed by atoms with Gasteiger partial charge in [0.1, 0.15) is 5.82 Å². The van der Waals surface area contributed by atoms with Crippen LogP contribution in [-0.2, 0) is 5.60 Å². The van der Waals surface area contributed by atoms with Crippen LogP contribution in [0.15, 0.2) is 18.2 Å². The van der Waals surface area contributed by atoms with E-state index in [1.165, 1.54) is 12.5 Å². The van der Waals surface area contributed by atoms with Crippen LogP contribution in [-0.4, -0.2) is 11.7 Å². The summed E-state index contributed by atoms with van der Waals surface area (Å²) in [6.07, 6.45) is 5.18. The van der Waals surface area contributed by atoms with Gasteiger partial charge in [0.2, 0.25) is 0 Å². The van der Waals surface area contributed by atoms with E-state index in [4.69, 9.17) is 5.73 Å². The van der Waals surface area contributed by atoms with E-state index in [2.05, 4.69) is 0 Å². The Hall–Kier alpha value is -0.930. The number of aliphatic hydroxyl groups is 1. The molecule has 1 aromatic rings. The van der Waals surface area contributed by atoms with Gasteiger partial charge in [-0.3, -0.25) is 0 Å². The molecule has 0 aromatic heterocycles. The third-order valence-corrected chi connectivity index (χ3v) is 4.97. The smallest absolute Gasteiger partial charge is 0.126 e. The van der Waals surface area contributed by atoms with Crippen molar-refractivity contribution in [1.29, 1.82) is 0 Å². The van der Waals surface area contributed by atoms with Gasteiger partial charge < -0.3 is 10.8 Å². The molecule has 1 unspecified atom stereocenters. The molecule has 1 aliphatic carbocycles. The maximum absolute atomic E-state index is 13.8. The van der Waals surface area contributed by atoms with Crippen molar-refractivity contribution < 1.29 is 9.50 Å². The topological polar surface area (TPSA) is 46.2 Å². The lowest BCUT2D eigenvalue weighted by Crippen LogP contribution is -2.49. The fourth-order valence-corrected chi connectivity index (χ4v) is 3.32. The molecule has 1 fully saturated rings. The SMILES string of the molecule is Cc1ccc(C(C)(O)C2(CN)CCCCC2)cc1F. The van der Waals surface area contributed by atoms with Crippen LogP contribution < -0.4 is 5.73 Å². The molecule has 0 heterocycles. The van der Waals surface area contributed by atoms with Gasteiger partial charge in [-0.05, 0) is 43.9 Å². The molecule has 19 heavy (non-hydrogen) atoms. The summed E-state index contributed by atoms with van der Waals surface area (Å²) in [6.45, 7) is 3.96. The zero-order valence-corrected chi connectivity index (χ0v) is 11.9. The minimum atomic E-state index is -1.07. The molecule has 0 saturated heterocycles. The van der Waals surface area contributed by atoms with Crippen LogP contribution in [0.5, 0.6) is 0 Å². The first kappa shape index (κ1) is 14.5. The van der Waals surface area contributed by atoms with Crippen LogP contribution >= 0.6 is 0 Å². The number of benzene rings is 1. The van der Waals surface area contributed by atoms with E-state index in [9.17, 15) is 9.50 Å². The highest BCUT2D eigenvalue weighted by Crippen LogP contribution is 2.49. The average Bonchev–Trinajstić information content (AvgIpc) is 2.42. The van der Waals surface area contributed by atoms with Gasteiger partial charge in [-0.25, -0.2) is 4.39 Å². The Bertz CT molecular complexity index is 450. The Morgan fingerprint density at radius 2 is 1.95 bits per heavy atom. The highest BCUT2D eigenvalue weighted by Gasteiger charge is 2.47. The van der Waals surface area contributed by atoms with E-state index in [0.717, 1.165) is 25.7 Å². The summed E-state index contributed by atoms with van der Waals surface area (Å²) in [7, 11) is 0. The number of nitrogens with two attached hydrogens (primary N) is 1. The van der Waals surface area contributed by atoms with Crippen molar-refractivity contribution in [3.63, 3.8) is 0 Å². The van der Waals surface area contributed by atoms with E-state index < -0.39 is 5.60 Å². The molecule has 3 N–H and O–H groups in total. The van der Waals surface area contributed by atoms with E-state index in [-0.39, 0.29) is 11.2 Å². The Morgan fingerprint density at radius 3 is 2.47 bits per heavy atom. The molecule has 2 nitrogen and oxygen atoms in total. The minimum Gasteiger partial charge on any atom is -0.385 e. The van der Waals surface area contributed by atoms with Crippen LogP contribution in [0.25, 0.3) is 0 Å². The fraction of sp³-hybridized carbons (Fsp3) is 0.625. The van der Waals surface area contributed by atoms with Gasteiger partial charge >= 0.3 is 0 Å². The Balaban J connectivity index is 2.41. The maximum atomic E-state index is 13.8. The number of aryl methyl sites for hydroxylation is 1. The standard InChI is InChI=1S/C16H24FNO/c1-12-6-7-13(10-14(12)17)15(2,19)16(11-18)8-4-3-5-9-16/h6-7,10,19H,3-5,8-9,11,18H2,1-2H3. The van der Waals surface area contributed by atoms with Crippen LogP contribution in [0.3, 0.4) is 0 Å². The van der Waals surface area contributed by atoms with Crippen LogP contribution in [0.2, 0.25) is 0 Å². The molecule has 0 spiro atoms. The van der Waals surface area contributed by atoms with Crippen molar-refractivity contribution in [3.8, 4) is 0 Å². The Labute approximate surface area is 114 Å². The summed E-state index contributed by atoms with van der Waals surface area (Å²) < 4.78 is 13.8. The third-order valence-electron chi connectivity index (χ3n) is 4.97. The highest BCUT2D eigenvalue weighted by molar-refractivity contribution is 5.30. The molecule has 2 rings (SSSR count). The number of halogens is 1. The van der Waals surface area contributed by atoms with Crippen molar-refractivity contribution >= 4 is 0 Å². The van der Waals surface area contributed by atoms with Crippen molar-refractivity contribution in [2.75, 3.05) is 6.54 Å².